The molecule has 0 radical (unpaired) electrons. The number of carbonyl (C=O) groups is 1. The minimum atomic E-state index is 0.249. The van der Waals surface area contributed by atoms with Crippen LogP contribution in [0.2, 0.25) is 0 Å². The van der Waals surface area contributed by atoms with Gasteiger partial charge in [0.25, 0.3) is 0 Å². The highest BCUT2D eigenvalue weighted by Crippen LogP contribution is 2.11. The van der Waals surface area contributed by atoms with Crippen LogP contribution in [0.3, 0.4) is 0 Å². The molecular formula is C18H36N4O. The molecule has 1 aliphatic rings. The summed E-state index contributed by atoms with van der Waals surface area (Å²) < 4.78 is 0. The highest BCUT2D eigenvalue weighted by Gasteiger charge is 2.25. The van der Waals surface area contributed by atoms with Gasteiger partial charge in [-0.15, -0.1) is 0 Å². The first-order valence-corrected chi connectivity index (χ1v) is 9.31. The van der Waals surface area contributed by atoms with Crippen molar-refractivity contribution in [1.82, 2.24) is 15.5 Å². The molecule has 5 nitrogen and oxygen atoms in total. The second-order valence-corrected chi connectivity index (χ2v) is 6.92. The summed E-state index contributed by atoms with van der Waals surface area (Å²) in [6.07, 6.45) is 8.06. The molecule has 1 rings (SSSR count). The fourth-order valence-corrected chi connectivity index (χ4v) is 2.95. The van der Waals surface area contributed by atoms with Gasteiger partial charge >= 0.3 is 0 Å². The van der Waals surface area contributed by atoms with E-state index in [2.05, 4.69) is 29.5 Å². The molecule has 0 spiro atoms. The molecule has 1 atom stereocenters. The summed E-state index contributed by atoms with van der Waals surface area (Å²) in [5, 5.41) is 6.83. The molecule has 1 fully saturated rings. The lowest BCUT2D eigenvalue weighted by Gasteiger charge is -2.18. The Morgan fingerprint density at radius 3 is 2.65 bits per heavy atom. The Morgan fingerprint density at radius 2 is 2.00 bits per heavy atom. The van der Waals surface area contributed by atoms with E-state index in [9.17, 15) is 4.79 Å². The molecule has 0 aliphatic carbocycles. The molecule has 1 aliphatic heterocycles. The summed E-state index contributed by atoms with van der Waals surface area (Å²) in [6, 6.07) is 0.322. The smallest absolute Gasteiger partial charge is 0.222 e. The predicted octanol–water partition coefficient (Wildman–Crippen LogP) is 2.77. The summed E-state index contributed by atoms with van der Waals surface area (Å²) in [5.41, 5.74) is 0. The second kappa shape index (κ2) is 11.3. The Kier molecular flexibility index (Phi) is 9.72. The van der Waals surface area contributed by atoms with E-state index in [1.54, 1.807) is 0 Å². The van der Waals surface area contributed by atoms with E-state index in [0.29, 0.717) is 12.5 Å². The van der Waals surface area contributed by atoms with Gasteiger partial charge in [0, 0.05) is 39.1 Å². The van der Waals surface area contributed by atoms with E-state index in [-0.39, 0.29) is 5.91 Å². The van der Waals surface area contributed by atoms with Crippen LogP contribution in [0.4, 0.5) is 0 Å². The van der Waals surface area contributed by atoms with Gasteiger partial charge in [0.15, 0.2) is 5.96 Å². The maximum absolute atomic E-state index is 11.7. The topological polar surface area (TPSA) is 56.7 Å². The number of aliphatic imine (C=N–C) groups is 1. The van der Waals surface area contributed by atoms with Crippen LogP contribution < -0.4 is 10.6 Å². The quantitative estimate of drug-likeness (QED) is 0.389. The molecule has 0 aromatic heterocycles. The lowest BCUT2D eigenvalue weighted by molar-refractivity contribution is -0.129. The highest BCUT2D eigenvalue weighted by atomic mass is 16.2. The molecule has 5 heteroatoms. The average molecular weight is 325 g/mol. The molecule has 1 unspecified atom stereocenters. The summed E-state index contributed by atoms with van der Waals surface area (Å²) >= 11 is 0. The molecule has 0 bridgehead atoms. The summed E-state index contributed by atoms with van der Waals surface area (Å²) in [4.78, 5) is 17.9. The van der Waals surface area contributed by atoms with Crippen LogP contribution >= 0.6 is 0 Å². The molecule has 2 N–H and O–H groups in total. The Morgan fingerprint density at radius 1 is 1.26 bits per heavy atom. The van der Waals surface area contributed by atoms with E-state index in [4.69, 9.17) is 0 Å². The van der Waals surface area contributed by atoms with Crippen molar-refractivity contribution in [3.05, 3.63) is 0 Å². The number of hydrogen-bond acceptors (Lipinski definition) is 2. The standard InChI is InChI=1S/C18H36N4O/c1-5-17(23)22-13-11-16(14-22)21-18(19-4)20-12-9-7-6-8-10-15(2)3/h15-16H,5-14H2,1-4H3,(H2,19,20,21). The van der Waals surface area contributed by atoms with Crippen LogP contribution in [0.1, 0.15) is 65.7 Å². The molecule has 0 saturated carbocycles. The van der Waals surface area contributed by atoms with Crippen LogP contribution in [0.25, 0.3) is 0 Å². The number of nitrogens with one attached hydrogen (secondary N) is 2. The van der Waals surface area contributed by atoms with Gasteiger partial charge in [-0.05, 0) is 18.8 Å². The lowest BCUT2D eigenvalue weighted by Crippen LogP contribution is -2.45. The number of guanidine groups is 1. The fraction of sp³-hybridized carbons (Fsp3) is 0.889. The molecule has 1 amide bonds. The maximum atomic E-state index is 11.7. The van der Waals surface area contributed by atoms with Crippen LogP contribution in [-0.2, 0) is 4.79 Å². The Labute approximate surface area is 142 Å². The summed E-state index contributed by atoms with van der Waals surface area (Å²) in [6.45, 7) is 9.11. The molecule has 1 heterocycles. The van der Waals surface area contributed by atoms with E-state index in [0.717, 1.165) is 37.9 Å². The zero-order valence-electron chi connectivity index (χ0n) is 15.5. The van der Waals surface area contributed by atoms with E-state index >= 15 is 0 Å². The zero-order chi connectivity index (χ0) is 17.1. The molecule has 1 saturated heterocycles. The second-order valence-electron chi connectivity index (χ2n) is 6.92. The molecule has 0 aromatic rings. The Bertz CT molecular complexity index is 368. The van der Waals surface area contributed by atoms with Gasteiger partial charge in [0.05, 0.1) is 0 Å². The number of hydrogen-bond donors (Lipinski definition) is 2. The largest absolute Gasteiger partial charge is 0.356 e. The van der Waals surface area contributed by atoms with Crippen molar-refractivity contribution in [3.8, 4) is 0 Å². The third-order valence-corrected chi connectivity index (χ3v) is 4.41. The number of carbonyl (C=O) groups excluding carboxylic acids is 1. The normalized spacial score (nSPS) is 18.6. The Hall–Kier alpha value is -1.26. The maximum Gasteiger partial charge on any atom is 0.222 e. The van der Waals surface area contributed by atoms with Crippen molar-refractivity contribution < 1.29 is 4.79 Å². The van der Waals surface area contributed by atoms with Crippen molar-refractivity contribution in [2.75, 3.05) is 26.7 Å². The predicted molar refractivity (Wildman–Crippen MR) is 97.7 cm³/mol. The van der Waals surface area contributed by atoms with Gasteiger partial charge in [-0.1, -0.05) is 46.5 Å². The number of rotatable bonds is 9. The number of amides is 1. The van der Waals surface area contributed by atoms with E-state index in [1.165, 1.54) is 32.1 Å². The van der Waals surface area contributed by atoms with Crippen molar-refractivity contribution in [3.63, 3.8) is 0 Å². The van der Waals surface area contributed by atoms with Crippen molar-refractivity contribution in [1.29, 1.82) is 0 Å². The highest BCUT2D eigenvalue weighted by molar-refractivity contribution is 5.80. The molecular weight excluding hydrogens is 288 g/mol. The number of unbranched alkanes of at least 4 members (excludes halogenated alkanes) is 3. The van der Waals surface area contributed by atoms with Gasteiger partial charge in [0.2, 0.25) is 5.91 Å². The zero-order valence-corrected chi connectivity index (χ0v) is 15.5. The minimum absolute atomic E-state index is 0.249. The van der Waals surface area contributed by atoms with Gasteiger partial charge < -0.3 is 15.5 Å². The lowest BCUT2D eigenvalue weighted by atomic mass is 10.0. The number of nitrogens with zero attached hydrogens (tertiary/aromatic N) is 2. The first kappa shape index (κ1) is 19.8. The van der Waals surface area contributed by atoms with Gasteiger partial charge in [-0.25, -0.2) is 0 Å². The third-order valence-electron chi connectivity index (χ3n) is 4.41. The molecule has 23 heavy (non-hydrogen) atoms. The summed E-state index contributed by atoms with van der Waals surface area (Å²) in [5.74, 6) is 1.93. The van der Waals surface area contributed by atoms with Crippen LogP contribution in [0.15, 0.2) is 4.99 Å². The SMILES string of the molecule is CCC(=O)N1CCC(NC(=NC)NCCCCCCC(C)C)C1. The van der Waals surface area contributed by atoms with Crippen LogP contribution in [0.5, 0.6) is 0 Å². The van der Waals surface area contributed by atoms with Crippen LogP contribution in [-0.4, -0.2) is 49.5 Å². The number of likely N-dealkylation sites (tertiary alicyclic amines) is 1. The van der Waals surface area contributed by atoms with E-state index in [1.807, 2.05) is 18.9 Å². The van der Waals surface area contributed by atoms with Crippen molar-refractivity contribution >= 4 is 11.9 Å². The molecule has 0 aromatic carbocycles. The molecule has 134 valence electrons. The minimum Gasteiger partial charge on any atom is -0.356 e. The fourth-order valence-electron chi connectivity index (χ4n) is 2.95. The first-order valence-electron chi connectivity index (χ1n) is 9.31. The van der Waals surface area contributed by atoms with Gasteiger partial charge in [-0.2, -0.15) is 0 Å². The average Bonchev–Trinajstić information content (AvgIpc) is 3.00. The summed E-state index contributed by atoms with van der Waals surface area (Å²) in [7, 11) is 1.81. The van der Waals surface area contributed by atoms with Crippen molar-refractivity contribution in [2.24, 2.45) is 10.9 Å². The van der Waals surface area contributed by atoms with Crippen LogP contribution in [0, 0.1) is 5.92 Å². The first-order chi connectivity index (χ1) is 11.1. The van der Waals surface area contributed by atoms with E-state index < -0.39 is 0 Å². The third kappa shape index (κ3) is 8.24. The van der Waals surface area contributed by atoms with Gasteiger partial charge in [0.1, 0.15) is 0 Å². The monoisotopic (exact) mass is 324 g/mol. The van der Waals surface area contributed by atoms with Crippen molar-refractivity contribution in [2.45, 2.75) is 71.8 Å². The van der Waals surface area contributed by atoms with Gasteiger partial charge in [-0.3, -0.25) is 9.79 Å². The Balaban J connectivity index is 2.12.